The fraction of sp³-hybridized carbons (Fsp3) is 0.429. The van der Waals surface area contributed by atoms with E-state index in [9.17, 15) is 9.59 Å². The van der Waals surface area contributed by atoms with E-state index in [4.69, 9.17) is 0 Å². The number of carbonyl (C=O) groups is 2. The SMILES string of the molecule is O=C1CCc2cc(C(=O)NC3CCNC3)ccc2N1. The molecule has 0 aromatic heterocycles. The van der Waals surface area contributed by atoms with Crippen molar-refractivity contribution in [1.82, 2.24) is 10.6 Å². The molecule has 1 aromatic rings. The van der Waals surface area contributed by atoms with Gasteiger partial charge in [-0.3, -0.25) is 9.59 Å². The summed E-state index contributed by atoms with van der Waals surface area (Å²) >= 11 is 0. The summed E-state index contributed by atoms with van der Waals surface area (Å²) in [6, 6.07) is 5.69. The van der Waals surface area contributed by atoms with Crippen LogP contribution < -0.4 is 16.0 Å². The van der Waals surface area contributed by atoms with Crippen LogP contribution in [0.2, 0.25) is 0 Å². The van der Waals surface area contributed by atoms with Crippen LogP contribution in [-0.4, -0.2) is 30.9 Å². The van der Waals surface area contributed by atoms with Gasteiger partial charge in [0, 0.05) is 30.3 Å². The topological polar surface area (TPSA) is 70.2 Å². The molecule has 19 heavy (non-hydrogen) atoms. The number of amides is 2. The van der Waals surface area contributed by atoms with Gasteiger partial charge in [0.1, 0.15) is 0 Å². The van der Waals surface area contributed by atoms with Gasteiger partial charge in [-0.25, -0.2) is 0 Å². The Morgan fingerprint density at radius 3 is 3.00 bits per heavy atom. The number of rotatable bonds is 2. The second-order valence-electron chi connectivity index (χ2n) is 5.08. The first-order chi connectivity index (χ1) is 9.22. The highest BCUT2D eigenvalue weighted by atomic mass is 16.2. The van der Waals surface area contributed by atoms with Crippen molar-refractivity contribution in [2.75, 3.05) is 18.4 Å². The molecule has 0 radical (unpaired) electrons. The molecule has 100 valence electrons. The molecule has 2 heterocycles. The molecule has 1 saturated heterocycles. The van der Waals surface area contributed by atoms with E-state index in [0.717, 1.165) is 30.8 Å². The van der Waals surface area contributed by atoms with Crippen molar-refractivity contribution in [2.24, 2.45) is 0 Å². The smallest absolute Gasteiger partial charge is 0.251 e. The Labute approximate surface area is 111 Å². The van der Waals surface area contributed by atoms with Crippen molar-refractivity contribution in [2.45, 2.75) is 25.3 Å². The molecule has 5 nitrogen and oxygen atoms in total. The number of carbonyl (C=O) groups excluding carboxylic acids is 2. The van der Waals surface area contributed by atoms with E-state index in [0.29, 0.717) is 18.4 Å². The van der Waals surface area contributed by atoms with E-state index >= 15 is 0 Å². The van der Waals surface area contributed by atoms with Crippen LogP contribution in [0, 0.1) is 0 Å². The highest BCUT2D eigenvalue weighted by Crippen LogP contribution is 2.23. The molecule has 1 unspecified atom stereocenters. The maximum absolute atomic E-state index is 12.1. The quantitative estimate of drug-likeness (QED) is 0.731. The fourth-order valence-electron chi connectivity index (χ4n) is 2.57. The molecule has 1 atom stereocenters. The molecular weight excluding hydrogens is 242 g/mol. The highest BCUT2D eigenvalue weighted by Gasteiger charge is 2.20. The molecule has 0 saturated carbocycles. The molecule has 0 bridgehead atoms. The lowest BCUT2D eigenvalue weighted by atomic mass is 10.00. The third-order valence-corrected chi connectivity index (χ3v) is 3.66. The summed E-state index contributed by atoms with van der Waals surface area (Å²) in [5, 5.41) is 9.06. The van der Waals surface area contributed by atoms with Gasteiger partial charge in [-0.2, -0.15) is 0 Å². The van der Waals surface area contributed by atoms with Crippen molar-refractivity contribution >= 4 is 17.5 Å². The van der Waals surface area contributed by atoms with Crippen molar-refractivity contribution in [1.29, 1.82) is 0 Å². The van der Waals surface area contributed by atoms with Gasteiger partial charge >= 0.3 is 0 Å². The number of anilines is 1. The van der Waals surface area contributed by atoms with Gasteiger partial charge in [0.15, 0.2) is 0 Å². The molecule has 2 amide bonds. The summed E-state index contributed by atoms with van der Waals surface area (Å²) < 4.78 is 0. The number of benzene rings is 1. The number of hydrogen-bond donors (Lipinski definition) is 3. The summed E-state index contributed by atoms with van der Waals surface area (Å²) in [4.78, 5) is 23.4. The van der Waals surface area contributed by atoms with E-state index in [1.54, 1.807) is 6.07 Å². The normalized spacial score (nSPS) is 21.7. The second kappa shape index (κ2) is 5.01. The lowest BCUT2D eigenvalue weighted by molar-refractivity contribution is -0.116. The minimum absolute atomic E-state index is 0.0339. The second-order valence-corrected chi connectivity index (χ2v) is 5.08. The molecule has 2 aliphatic rings. The molecule has 1 aromatic carbocycles. The zero-order valence-electron chi connectivity index (χ0n) is 10.7. The summed E-state index contributed by atoms with van der Waals surface area (Å²) in [6.45, 7) is 1.80. The molecule has 5 heteroatoms. The summed E-state index contributed by atoms with van der Waals surface area (Å²) in [6.07, 6.45) is 2.17. The van der Waals surface area contributed by atoms with Crippen LogP contribution in [0.25, 0.3) is 0 Å². The number of nitrogens with one attached hydrogen (secondary N) is 3. The molecular formula is C14H17N3O2. The van der Waals surface area contributed by atoms with Crippen molar-refractivity contribution in [3.05, 3.63) is 29.3 Å². The third kappa shape index (κ3) is 2.61. The van der Waals surface area contributed by atoms with E-state index < -0.39 is 0 Å². The standard InChI is InChI=1S/C14H17N3O2/c18-13-4-2-9-7-10(1-3-12(9)17-13)14(19)16-11-5-6-15-8-11/h1,3,7,11,15H,2,4-6,8H2,(H,16,19)(H,17,18). The predicted octanol–water partition coefficient (Wildman–Crippen LogP) is 0.663. The Morgan fingerprint density at radius 2 is 2.21 bits per heavy atom. The maximum atomic E-state index is 12.1. The van der Waals surface area contributed by atoms with Crippen molar-refractivity contribution in [3.8, 4) is 0 Å². The first kappa shape index (κ1) is 12.2. The Bertz CT molecular complexity index is 521. The third-order valence-electron chi connectivity index (χ3n) is 3.66. The summed E-state index contributed by atoms with van der Waals surface area (Å²) in [7, 11) is 0. The summed E-state index contributed by atoms with van der Waals surface area (Å²) in [5.74, 6) is 0.00938. The Balaban J connectivity index is 1.74. The van der Waals surface area contributed by atoms with Crippen LogP contribution in [0.3, 0.4) is 0 Å². The van der Waals surface area contributed by atoms with Crippen LogP contribution in [0.4, 0.5) is 5.69 Å². The number of aryl methyl sites for hydroxylation is 1. The molecule has 2 aliphatic heterocycles. The van der Waals surface area contributed by atoms with Crippen LogP contribution in [0.15, 0.2) is 18.2 Å². The van der Waals surface area contributed by atoms with Gasteiger partial charge in [-0.1, -0.05) is 0 Å². The minimum Gasteiger partial charge on any atom is -0.348 e. The van der Waals surface area contributed by atoms with Crippen LogP contribution in [0.1, 0.15) is 28.8 Å². The minimum atomic E-state index is -0.0339. The summed E-state index contributed by atoms with van der Waals surface area (Å²) in [5.41, 5.74) is 2.54. The van der Waals surface area contributed by atoms with E-state index in [2.05, 4.69) is 16.0 Å². The van der Waals surface area contributed by atoms with Crippen LogP contribution in [-0.2, 0) is 11.2 Å². The first-order valence-electron chi connectivity index (χ1n) is 6.67. The average molecular weight is 259 g/mol. The zero-order chi connectivity index (χ0) is 13.2. The zero-order valence-corrected chi connectivity index (χ0v) is 10.7. The average Bonchev–Trinajstić information content (AvgIpc) is 2.91. The number of hydrogen-bond acceptors (Lipinski definition) is 3. The molecule has 3 N–H and O–H groups in total. The fourth-order valence-corrected chi connectivity index (χ4v) is 2.57. The number of fused-ring (bicyclic) bond motifs is 1. The Morgan fingerprint density at radius 1 is 1.32 bits per heavy atom. The van der Waals surface area contributed by atoms with E-state index in [1.165, 1.54) is 0 Å². The monoisotopic (exact) mass is 259 g/mol. The van der Waals surface area contributed by atoms with Crippen molar-refractivity contribution < 1.29 is 9.59 Å². The van der Waals surface area contributed by atoms with Gasteiger partial charge in [0.2, 0.25) is 5.91 Å². The molecule has 0 aliphatic carbocycles. The van der Waals surface area contributed by atoms with Crippen LogP contribution >= 0.6 is 0 Å². The highest BCUT2D eigenvalue weighted by molar-refractivity contribution is 5.98. The van der Waals surface area contributed by atoms with Gasteiger partial charge < -0.3 is 16.0 Å². The molecule has 0 spiro atoms. The Hall–Kier alpha value is -1.88. The largest absolute Gasteiger partial charge is 0.348 e. The van der Waals surface area contributed by atoms with Gasteiger partial charge in [0.25, 0.3) is 5.91 Å². The van der Waals surface area contributed by atoms with Crippen molar-refractivity contribution in [3.63, 3.8) is 0 Å². The van der Waals surface area contributed by atoms with Gasteiger partial charge in [0.05, 0.1) is 0 Å². The predicted molar refractivity (Wildman–Crippen MR) is 72.1 cm³/mol. The first-order valence-corrected chi connectivity index (χ1v) is 6.67. The van der Waals surface area contributed by atoms with E-state index in [-0.39, 0.29) is 17.9 Å². The molecule has 1 fully saturated rings. The molecule has 3 rings (SSSR count). The van der Waals surface area contributed by atoms with Gasteiger partial charge in [-0.15, -0.1) is 0 Å². The van der Waals surface area contributed by atoms with Crippen LogP contribution in [0.5, 0.6) is 0 Å². The Kier molecular flexibility index (Phi) is 3.21. The van der Waals surface area contributed by atoms with Gasteiger partial charge in [-0.05, 0) is 43.1 Å². The van der Waals surface area contributed by atoms with E-state index in [1.807, 2.05) is 12.1 Å². The lowest BCUT2D eigenvalue weighted by Crippen LogP contribution is -2.36. The maximum Gasteiger partial charge on any atom is 0.251 e. The lowest BCUT2D eigenvalue weighted by Gasteiger charge is -2.18.